The first-order valence-electron chi connectivity index (χ1n) is 5.66. The third-order valence-corrected chi connectivity index (χ3v) is 5.66. The predicted octanol–water partition coefficient (Wildman–Crippen LogP) is 1.70. The Balaban J connectivity index is 2.49. The van der Waals surface area contributed by atoms with E-state index in [0.29, 0.717) is 0 Å². The molecule has 0 aromatic rings. The van der Waals surface area contributed by atoms with Gasteiger partial charge >= 0.3 is 5.97 Å². The van der Waals surface area contributed by atoms with Gasteiger partial charge in [-0.15, -0.1) is 0 Å². The lowest BCUT2D eigenvalue weighted by atomic mass is 9.65. The van der Waals surface area contributed by atoms with Crippen molar-refractivity contribution in [1.29, 1.82) is 0 Å². The first-order valence-corrected chi connectivity index (χ1v) is 5.66. The molecule has 0 aliphatic heterocycles. The average Bonchev–Trinajstić information content (AvgIpc) is 2.47. The van der Waals surface area contributed by atoms with E-state index in [0.717, 1.165) is 19.3 Å². The number of hydrogen-bond donors (Lipinski definition) is 1. The van der Waals surface area contributed by atoms with Gasteiger partial charge in [0.1, 0.15) is 0 Å². The van der Waals surface area contributed by atoms with Crippen molar-refractivity contribution in [3.63, 3.8) is 0 Å². The predicted molar refractivity (Wildman–Crippen MR) is 58.2 cm³/mol. The summed E-state index contributed by atoms with van der Waals surface area (Å²) in [5.41, 5.74) is 5.90. The lowest BCUT2D eigenvalue weighted by molar-refractivity contribution is -0.158. The molecule has 0 aromatic heterocycles. The van der Waals surface area contributed by atoms with Crippen LogP contribution in [0.25, 0.3) is 0 Å². The summed E-state index contributed by atoms with van der Waals surface area (Å²) in [5, 5.41) is 0. The van der Waals surface area contributed by atoms with Crippen LogP contribution in [0.15, 0.2) is 0 Å². The lowest BCUT2D eigenvalue weighted by Gasteiger charge is -2.39. The van der Waals surface area contributed by atoms with Crippen LogP contribution in [0.2, 0.25) is 0 Å². The van der Waals surface area contributed by atoms with Gasteiger partial charge in [-0.25, -0.2) is 0 Å². The maximum atomic E-state index is 12.0. The van der Waals surface area contributed by atoms with E-state index in [9.17, 15) is 4.79 Å². The Hall–Kier alpha value is -0.570. The second-order valence-electron chi connectivity index (χ2n) is 5.93. The van der Waals surface area contributed by atoms with Crippen LogP contribution < -0.4 is 5.73 Å². The Morgan fingerprint density at radius 2 is 1.93 bits per heavy atom. The Morgan fingerprint density at radius 1 is 1.33 bits per heavy atom. The molecule has 3 atom stereocenters. The van der Waals surface area contributed by atoms with Gasteiger partial charge in [-0.2, -0.15) is 0 Å². The fraction of sp³-hybridized carbons (Fsp3) is 0.917. The number of carbonyl (C=O) groups is 1. The number of ether oxygens (including phenoxy) is 1. The number of carbonyl (C=O) groups excluding carboxylic acids is 1. The van der Waals surface area contributed by atoms with Gasteiger partial charge in [0.05, 0.1) is 12.5 Å². The maximum Gasteiger partial charge on any atom is 0.312 e. The van der Waals surface area contributed by atoms with Gasteiger partial charge in [0.25, 0.3) is 0 Å². The second-order valence-corrected chi connectivity index (χ2v) is 5.93. The molecule has 0 saturated heterocycles. The molecule has 0 heterocycles. The van der Waals surface area contributed by atoms with Crippen molar-refractivity contribution in [2.75, 3.05) is 7.11 Å². The molecule has 0 radical (unpaired) electrons. The van der Waals surface area contributed by atoms with Crippen LogP contribution in [0.1, 0.15) is 40.0 Å². The Bertz CT molecular complexity index is 313. The molecule has 86 valence electrons. The highest BCUT2D eigenvalue weighted by Gasteiger charge is 2.72. The normalized spacial score (nSPS) is 46.9. The van der Waals surface area contributed by atoms with Gasteiger partial charge in [0.15, 0.2) is 0 Å². The van der Waals surface area contributed by atoms with Gasteiger partial charge in [0.2, 0.25) is 0 Å². The van der Waals surface area contributed by atoms with E-state index in [1.807, 2.05) is 0 Å². The number of hydrogen-bond acceptors (Lipinski definition) is 3. The molecule has 2 aliphatic rings. The minimum atomic E-state index is -0.337. The molecular formula is C12H21NO2. The number of methoxy groups -OCH3 is 1. The molecule has 2 N–H and O–H groups in total. The lowest BCUT2D eigenvalue weighted by Crippen LogP contribution is -2.42. The van der Waals surface area contributed by atoms with Crippen LogP contribution in [0, 0.1) is 16.2 Å². The first kappa shape index (κ1) is 10.9. The van der Waals surface area contributed by atoms with Crippen LogP contribution >= 0.6 is 0 Å². The van der Waals surface area contributed by atoms with Crippen LogP contribution in [0.5, 0.6) is 0 Å². The van der Waals surface area contributed by atoms with Gasteiger partial charge in [-0.3, -0.25) is 4.79 Å². The fourth-order valence-electron chi connectivity index (χ4n) is 3.89. The number of rotatable bonds is 1. The highest BCUT2D eigenvalue weighted by molar-refractivity contribution is 5.79. The topological polar surface area (TPSA) is 52.3 Å². The molecule has 2 saturated carbocycles. The third-order valence-electron chi connectivity index (χ3n) is 5.66. The smallest absolute Gasteiger partial charge is 0.312 e. The van der Waals surface area contributed by atoms with Gasteiger partial charge in [-0.1, -0.05) is 20.8 Å². The van der Waals surface area contributed by atoms with Gasteiger partial charge in [-0.05, 0) is 30.1 Å². The zero-order chi connectivity index (χ0) is 11.5. The highest BCUT2D eigenvalue weighted by Crippen LogP contribution is 2.71. The largest absolute Gasteiger partial charge is 0.469 e. The fourth-order valence-corrected chi connectivity index (χ4v) is 3.89. The molecule has 0 aromatic carbocycles. The van der Waals surface area contributed by atoms with E-state index in [2.05, 4.69) is 20.8 Å². The van der Waals surface area contributed by atoms with Crippen molar-refractivity contribution in [2.45, 2.75) is 46.1 Å². The summed E-state index contributed by atoms with van der Waals surface area (Å²) in [6.45, 7) is 6.56. The molecule has 3 unspecified atom stereocenters. The molecule has 3 nitrogen and oxygen atoms in total. The van der Waals surface area contributed by atoms with Crippen molar-refractivity contribution in [1.82, 2.24) is 0 Å². The van der Waals surface area contributed by atoms with Crippen LogP contribution in [-0.2, 0) is 9.53 Å². The molecule has 2 fully saturated rings. The quantitative estimate of drug-likeness (QED) is 0.672. The highest BCUT2D eigenvalue weighted by atomic mass is 16.5. The molecule has 3 heteroatoms. The average molecular weight is 211 g/mol. The van der Waals surface area contributed by atoms with Gasteiger partial charge < -0.3 is 10.5 Å². The second kappa shape index (κ2) is 2.76. The van der Waals surface area contributed by atoms with E-state index >= 15 is 0 Å². The zero-order valence-corrected chi connectivity index (χ0v) is 10.1. The molecule has 2 rings (SSSR count). The van der Waals surface area contributed by atoms with Crippen LogP contribution in [-0.4, -0.2) is 19.1 Å². The summed E-state index contributed by atoms with van der Waals surface area (Å²) in [4.78, 5) is 12.0. The summed E-state index contributed by atoms with van der Waals surface area (Å²) in [7, 11) is 1.48. The van der Waals surface area contributed by atoms with E-state index < -0.39 is 0 Å². The van der Waals surface area contributed by atoms with Crippen molar-refractivity contribution in [3.8, 4) is 0 Å². The van der Waals surface area contributed by atoms with Crippen molar-refractivity contribution in [3.05, 3.63) is 0 Å². The SMILES string of the molecule is COC(=O)C12CCC(C)(C(N)C1)C2(C)C. The minimum absolute atomic E-state index is 0.0491. The van der Waals surface area contributed by atoms with E-state index in [4.69, 9.17) is 10.5 Å². The summed E-state index contributed by atoms with van der Waals surface area (Å²) < 4.78 is 4.99. The molecule has 2 bridgehead atoms. The summed E-state index contributed by atoms with van der Waals surface area (Å²) in [6, 6.07) is 0.125. The number of fused-ring (bicyclic) bond motifs is 2. The van der Waals surface area contributed by atoms with E-state index in [1.54, 1.807) is 0 Å². The third kappa shape index (κ3) is 0.930. The van der Waals surface area contributed by atoms with Gasteiger partial charge in [0, 0.05) is 6.04 Å². The van der Waals surface area contributed by atoms with Crippen molar-refractivity contribution < 1.29 is 9.53 Å². The molecular weight excluding hydrogens is 190 g/mol. The summed E-state index contributed by atoms with van der Waals surface area (Å²) in [5.74, 6) is -0.0656. The zero-order valence-electron chi connectivity index (χ0n) is 10.1. The van der Waals surface area contributed by atoms with E-state index in [-0.39, 0.29) is 28.3 Å². The summed E-state index contributed by atoms with van der Waals surface area (Å²) in [6.07, 6.45) is 2.75. The van der Waals surface area contributed by atoms with Crippen molar-refractivity contribution in [2.24, 2.45) is 22.0 Å². The molecule has 2 aliphatic carbocycles. The Kier molecular flexibility index (Phi) is 2.01. The summed E-state index contributed by atoms with van der Waals surface area (Å²) >= 11 is 0. The van der Waals surface area contributed by atoms with Crippen LogP contribution in [0.4, 0.5) is 0 Å². The molecule has 0 amide bonds. The minimum Gasteiger partial charge on any atom is -0.469 e. The maximum absolute atomic E-state index is 12.0. The first-order chi connectivity index (χ1) is 6.82. The van der Waals surface area contributed by atoms with Crippen molar-refractivity contribution >= 4 is 5.97 Å². The molecule has 15 heavy (non-hydrogen) atoms. The Morgan fingerprint density at radius 3 is 2.27 bits per heavy atom. The number of nitrogens with two attached hydrogens (primary N) is 1. The monoisotopic (exact) mass is 211 g/mol. The van der Waals surface area contributed by atoms with Crippen LogP contribution in [0.3, 0.4) is 0 Å². The number of esters is 1. The Labute approximate surface area is 91.4 Å². The van der Waals surface area contributed by atoms with E-state index in [1.165, 1.54) is 7.11 Å². The molecule has 0 spiro atoms. The standard InChI is InChI=1S/C12H21NO2/c1-10(2)11(3)5-6-12(10,7-8(11)13)9(14)15-4/h8H,5-7,13H2,1-4H3.